The summed E-state index contributed by atoms with van der Waals surface area (Å²) in [7, 11) is 0. The van der Waals surface area contributed by atoms with E-state index in [1.807, 2.05) is 39.0 Å². The number of hydrogen-bond acceptors (Lipinski definition) is 3. The van der Waals surface area contributed by atoms with Crippen LogP contribution in [0.5, 0.6) is 0 Å². The van der Waals surface area contributed by atoms with E-state index >= 15 is 0 Å². The van der Waals surface area contributed by atoms with Crippen molar-refractivity contribution in [3.63, 3.8) is 0 Å². The second-order valence-corrected chi connectivity index (χ2v) is 9.42. The van der Waals surface area contributed by atoms with Gasteiger partial charge < -0.3 is 9.88 Å². The molecule has 6 heteroatoms. The SMILES string of the molecule is CC1=CC(C)=C(CNC(=O)c2cc(-c3ccc(Cl)nc3)cc3c2c(C)cn3C(C)C)C(=O)C1. The first-order valence-corrected chi connectivity index (χ1v) is 11.5. The predicted octanol–water partition coefficient (Wildman–Crippen LogP) is 6.21. The van der Waals surface area contributed by atoms with Crippen LogP contribution in [-0.4, -0.2) is 27.8 Å². The minimum Gasteiger partial charge on any atom is -0.348 e. The van der Waals surface area contributed by atoms with Gasteiger partial charge in [0.2, 0.25) is 0 Å². The van der Waals surface area contributed by atoms with E-state index in [-0.39, 0.29) is 24.3 Å². The Morgan fingerprint density at radius 2 is 1.94 bits per heavy atom. The second kappa shape index (κ2) is 8.99. The van der Waals surface area contributed by atoms with E-state index in [1.165, 1.54) is 0 Å². The topological polar surface area (TPSA) is 64.0 Å². The number of Topliss-reactive ketones (excluding diaryl/α,β-unsaturated/α-hetero) is 1. The lowest BCUT2D eigenvalue weighted by Gasteiger charge is -2.17. The minimum absolute atomic E-state index is 0.0704. The van der Waals surface area contributed by atoms with E-state index in [9.17, 15) is 9.59 Å². The van der Waals surface area contributed by atoms with Crippen LogP contribution in [0.1, 0.15) is 56.1 Å². The highest BCUT2D eigenvalue weighted by molar-refractivity contribution is 6.29. The van der Waals surface area contributed by atoms with Crippen LogP contribution >= 0.6 is 11.6 Å². The second-order valence-electron chi connectivity index (χ2n) is 9.04. The van der Waals surface area contributed by atoms with Crippen LogP contribution in [0.4, 0.5) is 0 Å². The smallest absolute Gasteiger partial charge is 0.252 e. The molecule has 33 heavy (non-hydrogen) atoms. The van der Waals surface area contributed by atoms with Gasteiger partial charge in [-0.25, -0.2) is 4.98 Å². The number of amides is 1. The van der Waals surface area contributed by atoms with Crippen molar-refractivity contribution >= 4 is 34.2 Å². The molecule has 0 radical (unpaired) electrons. The first-order valence-electron chi connectivity index (χ1n) is 11.1. The van der Waals surface area contributed by atoms with Gasteiger partial charge >= 0.3 is 0 Å². The van der Waals surface area contributed by atoms with Crippen molar-refractivity contribution in [1.29, 1.82) is 0 Å². The van der Waals surface area contributed by atoms with Gasteiger partial charge in [0.05, 0.1) is 0 Å². The lowest BCUT2D eigenvalue weighted by Crippen LogP contribution is -2.29. The molecule has 0 bridgehead atoms. The van der Waals surface area contributed by atoms with Crippen LogP contribution in [0.15, 0.2) is 59.5 Å². The molecule has 0 fully saturated rings. The van der Waals surface area contributed by atoms with Gasteiger partial charge in [0, 0.05) is 59.0 Å². The molecule has 3 aromatic rings. The fraction of sp³-hybridized carbons (Fsp3) is 0.296. The third-order valence-electron chi connectivity index (χ3n) is 6.13. The number of pyridine rings is 1. The van der Waals surface area contributed by atoms with E-state index < -0.39 is 0 Å². The number of nitrogens with one attached hydrogen (secondary N) is 1. The molecule has 0 aliphatic heterocycles. The standard InChI is InChI=1S/C27H28ClN3O2/c1-15(2)31-14-18(5)26-21(10-20(11-23(26)31)19-6-7-25(28)29-12-19)27(33)30-13-22-17(4)8-16(3)9-24(22)32/h6-8,10-12,14-15H,9,13H2,1-5H3,(H,30,33). The van der Waals surface area contributed by atoms with E-state index in [1.54, 1.807) is 12.3 Å². The summed E-state index contributed by atoms with van der Waals surface area (Å²) in [6.45, 7) is 10.3. The average molecular weight is 462 g/mol. The molecule has 1 aliphatic carbocycles. The number of fused-ring (bicyclic) bond motifs is 1. The van der Waals surface area contributed by atoms with Crippen LogP contribution < -0.4 is 5.32 Å². The van der Waals surface area contributed by atoms with Crippen LogP contribution in [0.3, 0.4) is 0 Å². The maximum absolute atomic E-state index is 13.4. The molecule has 0 saturated carbocycles. The number of ketones is 1. The molecule has 2 heterocycles. The van der Waals surface area contributed by atoms with Gasteiger partial charge in [-0.2, -0.15) is 0 Å². The van der Waals surface area contributed by atoms with Crippen LogP contribution in [0, 0.1) is 6.92 Å². The number of allylic oxidation sites excluding steroid dienone is 3. The number of nitrogens with zero attached hydrogens (tertiary/aromatic N) is 2. The quantitative estimate of drug-likeness (QED) is 0.459. The molecule has 5 nitrogen and oxygen atoms in total. The molecule has 0 unspecified atom stereocenters. The fourth-order valence-corrected chi connectivity index (χ4v) is 4.61. The average Bonchev–Trinajstić information content (AvgIpc) is 3.09. The summed E-state index contributed by atoms with van der Waals surface area (Å²) in [6, 6.07) is 7.87. The van der Waals surface area contributed by atoms with E-state index in [4.69, 9.17) is 11.6 Å². The van der Waals surface area contributed by atoms with Crippen molar-refractivity contribution in [2.24, 2.45) is 0 Å². The van der Waals surface area contributed by atoms with Crippen LogP contribution in [0.25, 0.3) is 22.0 Å². The molecule has 1 N–H and O–H groups in total. The number of carbonyl (C=O) groups is 2. The zero-order valence-corrected chi connectivity index (χ0v) is 20.4. The zero-order valence-electron chi connectivity index (χ0n) is 19.6. The molecule has 0 atom stereocenters. The van der Waals surface area contributed by atoms with E-state index in [0.717, 1.165) is 38.7 Å². The first-order chi connectivity index (χ1) is 15.7. The van der Waals surface area contributed by atoms with Gasteiger partial charge in [-0.15, -0.1) is 0 Å². The van der Waals surface area contributed by atoms with Crippen molar-refractivity contribution < 1.29 is 9.59 Å². The van der Waals surface area contributed by atoms with Gasteiger partial charge in [-0.1, -0.05) is 23.3 Å². The van der Waals surface area contributed by atoms with Crippen molar-refractivity contribution in [3.05, 3.63) is 75.7 Å². The maximum atomic E-state index is 13.4. The normalized spacial score (nSPS) is 14.3. The number of rotatable bonds is 5. The Morgan fingerprint density at radius 1 is 1.18 bits per heavy atom. The van der Waals surface area contributed by atoms with Crippen molar-refractivity contribution in [3.8, 4) is 11.1 Å². The highest BCUT2D eigenvalue weighted by atomic mass is 35.5. The molecule has 170 valence electrons. The lowest BCUT2D eigenvalue weighted by atomic mass is 9.92. The Morgan fingerprint density at radius 3 is 2.58 bits per heavy atom. The fourth-order valence-electron chi connectivity index (χ4n) is 4.50. The summed E-state index contributed by atoms with van der Waals surface area (Å²) in [5, 5.41) is 4.34. The zero-order chi connectivity index (χ0) is 23.9. The number of carbonyl (C=O) groups excluding carboxylic acids is 2. The highest BCUT2D eigenvalue weighted by Gasteiger charge is 2.21. The first kappa shape index (κ1) is 23.0. The summed E-state index contributed by atoms with van der Waals surface area (Å²) in [5.41, 5.74) is 7.00. The Labute approximate surface area is 199 Å². The van der Waals surface area contributed by atoms with Gasteiger partial charge in [-0.3, -0.25) is 9.59 Å². The van der Waals surface area contributed by atoms with Crippen molar-refractivity contribution in [1.82, 2.24) is 14.9 Å². The molecule has 2 aromatic heterocycles. The van der Waals surface area contributed by atoms with Crippen LogP contribution in [0.2, 0.25) is 5.15 Å². The van der Waals surface area contributed by atoms with Crippen LogP contribution in [-0.2, 0) is 4.79 Å². The van der Waals surface area contributed by atoms with Gasteiger partial charge in [0.25, 0.3) is 5.91 Å². The summed E-state index contributed by atoms with van der Waals surface area (Å²) < 4.78 is 2.18. The third-order valence-corrected chi connectivity index (χ3v) is 6.35. The lowest BCUT2D eigenvalue weighted by molar-refractivity contribution is -0.115. The third kappa shape index (κ3) is 4.51. The van der Waals surface area contributed by atoms with Crippen molar-refractivity contribution in [2.75, 3.05) is 6.54 Å². The summed E-state index contributed by atoms with van der Waals surface area (Å²) in [4.78, 5) is 30.1. The molecule has 0 spiro atoms. The monoisotopic (exact) mass is 461 g/mol. The number of halogens is 1. The van der Waals surface area contributed by atoms with Gasteiger partial charge in [0.15, 0.2) is 5.78 Å². The maximum Gasteiger partial charge on any atom is 0.252 e. The molecule has 1 aromatic carbocycles. The Bertz CT molecular complexity index is 1330. The molecule has 4 rings (SSSR count). The molecular formula is C27H28ClN3O2. The summed E-state index contributed by atoms with van der Waals surface area (Å²) in [5.74, 6) is -0.131. The number of hydrogen-bond donors (Lipinski definition) is 1. The molecule has 1 aliphatic rings. The molecule has 1 amide bonds. The molecular weight excluding hydrogens is 434 g/mol. The predicted molar refractivity (Wildman–Crippen MR) is 134 cm³/mol. The number of aromatic nitrogens is 2. The van der Waals surface area contributed by atoms with E-state index in [0.29, 0.717) is 22.7 Å². The Balaban J connectivity index is 1.78. The Kier molecular flexibility index (Phi) is 6.26. The summed E-state index contributed by atoms with van der Waals surface area (Å²) in [6.07, 6.45) is 6.22. The Hall–Kier alpha value is -3.18. The molecule has 0 saturated heterocycles. The van der Waals surface area contributed by atoms with Gasteiger partial charge in [-0.05, 0) is 75.6 Å². The minimum atomic E-state index is -0.201. The van der Waals surface area contributed by atoms with E-state index in [2.05, 4.69) is 41.0 Å². The highest BCUT2D eigenvalue weighted by Crippen LogP contribution is 2.33. The van der Waals surface area contributed by atoms with Crippen molar-refractivity contribution in [2.45, 2.75) is 47.1 Å². The van der Waals surface area contributed by atoms with Gasteiger partial charge in [0.1, 0.15) is 5.15 Å². The number of aryl methyl sites for hydroxylation is 1. The number of benzene rings is 1. The summed E-state index contributed by atoms with van der Waals surface area (Å²) >= 11 is 5.98. The largest absolute Gasteiger partial charge is 0.348 e.